The van der Waals surface area contributed by atoms with Gasteiger partial charge in [0.15, 0.2) is 0 Å². The molecule has 8 heteroatoms. The van der Waals surface area contributed by atoms with Crippen LogP contribution in [-0.2, 0) is 16.0 Å². The van der Waals surface area contributed by atoms with Crippen LogP contribution in [0.15, 0.2) is 18.2 Å². The molecule has 1 aliphatic rings. The number of nitrogens with one attached hydrogen (secondary N) is 1. The van der Waals surface area contributed by atoms with Gasteiger partial charge >= 0.3 is 6.18 Å². The number of anilines is 1. The van der Waals surface area contributed by atoms with Crippen LogP contribution in [0.5, 0.6) is 0 Å². The molecule has 1 aromatic rings. The molecule has 112 valence electrons. The summed E-state index contributed by atoms with van der Waals surface area (Å²) in [4.78, 5) is 0. The van der Waals surface area contributed by atoms with Gasteiger partial charge < -0.3 is 5.32 Å². The van der Waals surface area contributed by atoms with E-state index in [2.05, 4.69) is 5.32 Å². The topological polar surface area (TPSA) is 46.2 Å². The van der Waals surface area contributed by atoms with Crippen molar-refractivity contribution in [3.8, 4) is 0 Å². The molecular weight excluding hydrogens is 315 g/mol. The third-order valence-corrected chi connectivity index (χ3v) is 5.15. The standard InChI is InChI=1S/C12H13ClF3NO2S/c13-8-1-2-11(10(7-8)12(14,15)16)17-9-3-5-20(18,19)6-4-9/h1-2,7,9,17H,3-6H2. The van der Waals surface area contributed by atoms with Gasteiger partial charge in [-0.1, -0.05) is 11.6 Å². The number of sulfone groups is 1. The maximum Gasteiger partial charge on any atom is 0.418 e. The van der Waals surface area contributed by atoms with Gasteiger partial charge in [-0.05, 0) is 31.0 Å². The zero-order valence-electron chi connectivity index (χ0n) is 10.4. The number of rotatable bonds is 2. The monoisotopic (exact) mass is 327 g/mol. The number of halogens is 4. The molecule has 0 aliphatic carbocycles. The Morgan fingerprint density at radius 2 is 1.80 bits per heavy atom. The normalized spacial score (nSPS) is 19.8. The first kappa shape index (κ1) is 15.4. The van der Waals surface area contributed by atoms with E-state index in [9.17, 15) is 21.6 Å². The van der Waals surface area contributed by atoms with Crippen LogP contribution in [0.4, 0.5) is 18.9 Å². The fraction of sp³-hybridized carbons (Fsp3) is 0.500. The molecule has 1 aliphatic heterocycles. The van der Waals surface area contributed by atoms with Gasteiger partial charge in [0.2, 0.25) is 0 Å². The lowest BCUT2D eigenvalue weighted by Gasteiger charge is -2.25. The van der Waals surface area contributed by atoms with Crippen LogP contribution in [0.1, 0.15) is 18.4 Å². The molecule has 0 spiro atoms. The van der Waals surface area contributed by atoms with E-state index in [4.69, 9.17) is 11.6 Å². The summed E-state index contributed by atoms with van der Waals surface area (Å²) in [6, 6.07) is 3.23. The highest BCUT2D eigenvalue weighted by atomic mass is 35.5. The Balaban J connectivity index is 2.18. The largest absolute Gasteiger partial charge is 0.418 e. The number of alkyl halides is 3. The second-order valence-electron chi connectivity index (χ2n) is 4.76. The molecule has 0 unspecified atom stereocenters. The van der Waals surface area contributed by atoms with E-state index < -0.39 is 21.6 Å². The minimum Gasteiger partial charge on any atom is -0.382 e. The molecule has 0 atom stereocenters. The van der Waals surface area contributed by atoms with Gasteiger partial charge in [-0.15, -0.1) is 0 Å². The van der Waals surface area contributed by atoms with E-state index in [1.54, 1.807) is 0 Å². The Bertz CT molecular complexity index is 587. The summed E-state index contributed by atoms with van der Waals surface area (Å²) in [7, 11) is -3.04. The quantitative estimate of drug-likeness (QED) is 0.906. The Morgan fingerprint density at radius 3 is 2.35 bits per heavy atom. The van der Waals surface area contributed by atoms with Gasteiger partial charge in [0, 0.05) is 16.8 Å². The Morgan fingerprint density at radius 1 is 1.20 bits per heavy atom. The van der Waals surface area contributed by atoms with E-state index in [0.717, 1.165) is 6.07 Å². The number of hydrogen-bond donors (Lipinski definition) is 1. The maximum absolute atomic E-state index is 12.9. The second-order valence-corrected chi connectivity index (χ2v) is 7.50. The van der Waals surface area contributed by atoms with Crippen LogP contribution in [0.25, 0.3) is 0 Å². The van der Waals surface area contributed by atoms with E-state index >= 15 is 0 Å². The van der Waals surface area contributed by atoms with Crippen LogP contribution in [-0.4, -0.2) is 26.0 Å². The molecule has 1 fully saturated rings. The minimum absolute atomic E-state index is 0.000389. The van der Waals surface area contributed by atoms with Crippen LogP contribution in [0.3, 0.4) is 0 Å². The predicted molar refractivity (Wildman–Crippen MR) is 71.8 cm³/mol. The van der Waals surface area contributed by atoms with Gasteiger partial charge in [0.1, 0.15) is 9.84 Å². The van der Waals surface area contributed by atoms with Crippen molar-refractivity contribution < 1.29 is 21.6 Å². The van der Waals surface area contributed by atoms with Crippen LogP contribution >= 0.6 is 11.6 Å². The molecule has 0 bridgehead atoms. The molecule has 0 amide bonds. The van der Waals surface area contributed by atoms with Crippen molar-refractivity contribution in [3.05, 3.63) is 28.8 Å². The average Bonchev–Trinajstić information content (AvgIpc) is 2.33. The van der Waals surface area contributed by atoms with E-state index in [1.807, 2.05) is 0 Å². The number of hydrogen-bond acceptors (Lipinski definition) is 3. The van der Waals surface area contributed by atoms with Crippen LogP contribution in [0.2, 0.25) is 5.02 Å². The van der Waals surface area contributed by atoms with E-state index in [0.29, 0.717) is 12.8 Å². The van der Waals surface area contributed by atoms with Gasteiger partial charge in [0.25, 0.3) is 0 Å². The first-order chi connectivity index (χ1) is 9.17. The molecule has 1 N–H and O–H groups in total. The summed E-state index contributed by atoms with van der Waals surface area (Å²) in [5.74, 6) is -0.000779. The Hall–Kier alpha value is -0.950. The third-order valence-electron chi connectivity index (χ3n) is 3.20. The smallest absolute Gasteiger partial charge is 0.382 e. The lowest BCUT2D eigenvalue weighted by molar-refractivity contribution is -0.137. The molecule has 0 aromatic heterocycles. The summed E-state index contributed by atoms with van der Waals surface area (Å²) in [5, 5.41) is 2.79. The summed E-state index contributed by atoms with van der Waals surface area (Å²) in [5.41, 5.74) is -0.898. The first-order valence-corrected chi connectivity index (χ1v) is 8.21. The van der Waals surface area contributed by atoms with Crippen LogP contribution in [0, 0.1) is 0 Å². The van der Waals surface area contributed by atoms with Gasteiger partial charge in [-0.25, -0.2) is 8.42 Å². The summed E-state index contributed by atoms with van der Waals surface area (Å²) in [6.45, 7) is 0. The molecule has 3 nitrogen and oxygen atoms in total. The van der Waals surface area contributed by atoms with Crippen molar-refractivity contribution in [1.82, 2.24) is 0 Å². The predicted octanol–water partition coefficient (Wildman–Crippen LogP) is 3.35. The molecule has 0 saturated carbocycles. The Kier molecular flexibility index (Phi) is 4.20. The van der Waals surface area contributed by atoms with Crippen molar-refractivity contribution in [2.45, 2.75) is 25.1 Å². The summed E-state index contributed by atoms with van der Waals surface area (Å²) in [6.07, 6.45) is -3.89. The molecule has 1 saturated heterocycles. The number of benzene rings is 1. The summed E-state index contributed by atoms with van der Waals surface area (Å²) >= 11 is 5.60. The van der Waals surface area contributed by atoms with Crippen molar-refractivity contribution >= 4 is 27.1 Å². The highest BCUT2D eigenvalue weighted by molar-refractivity contribution is 7.91. The van der Waals surface area contributed by atoms with E-state index in [-0.39, 0.29) is 28.3 Å². The SMILES string of the molecule is O=S1(=O)CCC(Nc2ccc(Cl)cc2C(F)(F)F)CC1. The zero-order valence-corrected chi connectivity index (χ0v) is 11.9. The van der Waals surface area contributed by atoms with E-state index in [1.165, 1.54) is 12.1 Å². The fourth-order valence-electron chi connectivity index (χ4n) is 2.13. The van der Waals surface area contributed by atoms with Crippen molar-refractivity contribution in [2.75, 3.05) is 16.8 Å². The van der Waals surface area contributed by atoms with Gasteiger partial charge in [-0.3, -0.25) is 0 Å². The highest BCUT2D eigenvalue weighted by Gasteiger charge is 2.34. The Labute approximate surface area is 120 Å². The summed E-state index contributed by atoms with van der Waals surface area (Å²) < 4.78 is 61.3. The molecule has 2 rings (SSSR count). The van der Waals surface area contributed by atoms with Gasteiger partial charge in [0.05, 0.1) is 17.1 Å². The molecule has 20 heavy (non-hydrogen) atoms. The van der Waals surface area contributed by atoms with Gasteiger partial charge in [-0.2, -0.15) is 13.2 Å². The zero-order chi connectivity index (χ0) is 15.0. The maximum atomic E-state index is 12.9. The molecule has 0 radical (unpaired) electrons. The molecule has 1 heterocycles. The van der Waals surface area contributed by atoms with Crippen molar-refractivity contribution in [1.29, 1.82) is 0 Å². The fourth-order valence-corrected chi connectivity index (χ4v) is 3.79. The van der Waals surface area contributed by atoms with Crippen LogP contribution < -0.4 is 5.32 Å². The lowest BCUT2D eigenvalue weighted by Crippen LogP contribution is -2.32. The second kappa shape index (κ2) is 5.44. The average molecular weight is 328 g/mol. The molecule has 1 aromatic carbocycles. The molecular formula is C12H13ClF3NO2S. The highest BCUT2D eigenvalue weighted by Crippen LogP contribution is 2.37. The van der Waals surface area contributed by atoms with Crippen molar-refractivity contribution in [2.24, 2.45) is 0 Å². The van der Waals surface area contributed by atoms with Crippen molar-refractivity contribution in [3.63, 3.8) is 0 Å². The first-order valence-electron chi connectivity index (χ1n) is 6.01. The lowest BCUT2D eigenvalue weighted by atomic mass is 10.1. The third kappa shape index (κ3) is 3.79. The minimum atomic E-state index is -4.51.